The van der Waals surface area contributed by atoms with E-state index in [2.05, 4.69) is 20.9 Å². The van der Waals surface area contributed by atoms with Crippen molar-refractivity contribution in [2.45, 2.75) is 19.0 Å². The van der Waals surface area contributed by atoms with Crippen LogP contribution in [0.1, 0.15) is 21.5 Å². The lowest BCUT2D eigenvalue weighted by atomic mass is 10.0. The van der Waals surface area contributed by atoms with E-state index in [0.29, 0.717) is 11.6 Å². The number of carbonyl (C=O) groups excluding carboxylic acids is 3. The zero-order chi connectivity index (χ0) is 25.5. The second-order valence-electron chi connectivity index (χ2n) is 8.20. The summed E-state index contributed by atoms with van der Waals surface area (Å²) in [5, 5.41) is 9.67. The van der Waals surface area contributed by atoms with E-state index in [-0.39, 0.29) is 29.5 Å². The number of rotatable bonds is 9. The van der Waals surface area contributed by atoms with Gasteiger partial charge in [0.25, 0.3) is 5.91 Å². The van der Waals surface area contributed by atoms with Gasteiger partial charge in [-0.25, -0.2) is 0 Å². The van der Waals surface area contributed by atoms with E-state index in [1.807, 2.05) is 60.8 Å². The minimum atomic E-state index is -0.937. The van der Waals surface area contributed by atoms with Gasteiger partial charge < -0.3 is 20.9 Å². The van der Waals surface area contributed by atoms with Crippen LogP contribution in [0, 0.1) is 0 Å². The predicted molar refractivity (Wildman–Crippen MR) is 141 cm³/mol. The van der Waals surface area contributed by atoms with Crippen LogP contribution in [0.4, 0.5) is 0 Å². The van der Waals surface area contributed by atoms with Crippen LogP contribution in [-0.4, -0.2) is 35.3 Å². The first-order valence-electron chi connectivity index (χ1n) is 11.3. The summed E-state index contributed by atoms with van der Waals surface area (Å²) in [5.74, 6) is -1.31. The van der Waals surface area contributed by atoms with E-state index in [4.69, 9.17) is 23.2 Å². The van der Waals surface area contributed by atoms with Crippen LogP contribution in [0.15, 0.2) is 79.0 Å². The van der Waals surface area contributed by atoms with Crippen molar-refractivity contribution in [1.82, 2.24) is 20.9 Å². The van der Waals surface area contributed by atoms with Gasteiger partial charge in [-0.15, -0.1) is 0 Å². The maximum Gasteiger partial charge on any atom is 0.251 e. The molecule has 0 aliphatic carbocycles. The van der Waals surface area contributed by atoms with E-state index in [9.17, 15) is 14.4 Å². The van der Waals surface area contributed by atoms with Crippen LogP contribution in [-0.2, 0) is 22.6 Å². The first-order chi connectivity index (χ1) is 17.4. The number of aromatic amines is 1. The molecule has 184 valence electrons. The first-order valence-corrected chi connectivity index (χ1v) is 12.1. The van der Waals surface area contributed by atoms with E-state index in [0.717, 1.165) is 22.0 Å². The molecule has 9 heteroatoms. The molecule has 0 spiro atoms. The van der Waals surface area contributed by atoms with Gasteiger partial charge in [-0.05, 0) is 35.4 Å². The second-order valence-corrected chi connectivity index (χ2v) is 9.01. The summed E-state index contributed by atoms with van der Waals surface area (Å²) < 4.78 is 0. The van der Waals surface area contributed by atoms with Crippen molar-refractivity contribution in [3.63, 3.8) is 0 Å². The highest BCUT2D eigenvalue weighted by molar-refractivity contribution is 6.42. The molecule has 0 saturated carbocycles. The van der Waals surface area contributed by atoms with Crippen LogP contribution < -0.4 is 16.0 Å². The van der Waals surface area contributed by atoms with Crippen LogP contribution in [0.2, 0.25) is 10.0 Å². The summed E-state index contributed by atoms with van der Waals surface area (Å²) in [6.07, 6.45) is 2.03. The molecule has 3 amide bonds. The third-order valence-electron chi connectivity index (χ3n) is 5.66. The molecule has 0 unspecified atom stereocenters. The first kappa shape index (κ1) is 25.3. The molecule has 0 aliphatic heterocycles. The zero-order valence-corrected chi connectivity index (χ0v) is 20.7. The van der Waals surface area contributed by atoms with Crippen molar-refractivity contribution in [2.24, 2.45) is 0 Å². The average Bonchev–Trinajstić information content (AvgIpc) is 3.30. The molecule has 0 bridgehead atoms. The molecule has 1 atom stereocenters. The standard InChI is InChI=1S/C27H24Cl2N4O3/c28-21-11-10-18(12-22(21)29)26(35)33-24(13-19-15-30-23-9-5-4-8-20(19)23)27(36)32-16-25(34)31-14-17-6-2-1-3-7-17/h1-12,15,24,30H,13-14,16H2,(H,31,34)(H,32,36)(H,33,35)/t24-/m0/s1. The number of nitrogens with one attached hydrogen (secondary N) is 4. The van der Waals surface area contributed by atoms with Gasteiger partial charge >= 0.3 is 0 Å². The molecule has 7 nitrogen and oxygen atoms in total. The monoisotopic (exact) mass is 522 g/mol. The predicted octanol–water partition coefficient (Wildman–Crippen LogP) is 4.25. The fourth-order valence-corrected chi connectivity index (χ4v) is 4.06. The molecular formula is C27H24Cl2N4O3. The van der Waals surface area contributed by atoms with E-state index in [1.54, 1.807) is 0 Å². The van der Waals surface area contributed by atoms with E-state index < -0.39 is 17.9 Å². The number of carbonyl (C=O) groups is 3. The lowest BCUT2D eigenvalue weighted by molar-refractivity contribution is -0.127. The molecule has 4 aromatic rings. The van der Waals surface area contributed by atoms with Gasteiger partial charge in [-0.1, -0.05) is 71.7 Å². The Hall–Kier alpha value is -3.81. The quantitative estimate of drug-likeness (QED) is 0.264. The zero-order valence-electron chi connectivity index (χ0n) is 19.2. The molecule has 4 N–H and O–H groups in total. The summed E-state index contributed by atoms with van der Waals surface area (Å²) in [7, 11) is 0. The Kier molecular flexibility index (Phi) is 8.25. The smallest absolute Gasteiger partial charge is 0.251 e. The number of amides is 3. The highest BCUT2D eigenvalue weighted by Gasteiger charge is 2.24. The van der Waals surface area contributed by atoms with Crippen LogP contribution in [0.5, 0.6) is 0 Å². The highest BCUT2D eigenvalue weighted by Crippen LogP contribution is 2.23. The molecule has 0 fully saturated rings. The fraction of sp³-hybridized carbons (Fsp3) is 0.148. The number of para-hydroxylation sites is 1. The normalized spacial score (nSPS) is 11.6. The van der Waals surface area contributed by atoms with E-state index >= 15 is 0 Å². The summed E-state index contributed by atoms with van der Waals surface area (Å²) in [6, 6.07) is 20.7. The Morgan fingerprint density at radius 3 is 2.39 bits per heavy atom. The lowest BCUT2D eigenvalue weighted by Gasteiger charge is -2.19. The van der Waals surface area contributed by atoms with Crippen LogP contribution in [0.25, 0.3) is 10.9 Å². The summed E-state index contributed by atoms with van der Waals surface area (Å²) >= 11 is 12.0. The van der Waals surface area contributed by atoms with E-state index in [1.165, 1.54) is 18.2 Å². The summed E-state index contributed by atoms with van der Waals surface area (Å²) in [4.78, 5) is 41.5. The van der Waals surface area contributed by atoms with Gasteiger partial charge in [-0.2, -0.15) is 0 Å². The molecule has 4 rings (SSSR count). The summed E-state index contributed by atoms with van der Waals surface area (Å²) in [5.41, 5.74) is 2.99. The Bertz CT molecular complexity index is 1390. The Labute approximate surface area is 218 Å². The Morgan fingerprint density at radius 2 is 1.61 bits per heavy atom. The minimum absolute atomic E-state index is 0.217. The number of H-pyrrole nitrogens is 1. The lowest BCUT2D eigenvalue weighted by Crippen LogP contribution is -2.50. The van der Waals surface area contributed by atoms with Gasteiger partial charge in [0.15, 0.2) is 0 Å². The second kappa shape index (κ2) is 11.7. The summed E-state index contributed by atoms with van der Waals surface area (Å²) in [6.45, 7) is 0.126. The maximum atomic E-state index is 13.1. The number of halogens is 2. The van der Waals surface area contributed by atoms with Gasteiger partial charge in [-0.3, -0.25) is 14.4 Å². The highest BCUT2D eigenvalue weighted by atomic mass is 35.5. The SMILES string of the molecule is O=C(CNC(=O)[C@H](Cc1c[nH]c2ccccc12)NC(=O)c1ccc(Cl)c(Cl)c1)NCc1ccccc1. The molecule has 36 heavy (non-hydrogen) atoms. The number of benzene rings is 3. The molecule has 0 saturated heterocycles. The number of fused-ring (bicyclic) bond motifs is 1. The third-order valence-corrected chi connectivity index (χ3v) is 6.40. The van der Waals surface area contributed by atoms with Gasteiger partial charge in [0, 0.05) is 35.6 Å². The minimum Gasteiger partial charge on any atom is -0.361 e. The molecule has 1 aromatic heterocycles. The Balaban J connectivity index is 1.45. The number of aromatic nitrogens is 1. The largest absolute Gasteiger partial charge is 0.361 e. The van der Waals surface area contributed by atoms with Crippen molar-refractivity contribution in [3.8, 4) is 0 Å². The Morgan fingerprint density at radius 1 is 0.861 bits per heavy atom. The third kappa shape index (κ3) is 6.44. The van der Waals surface area contributed by atoms with Crippen molar-refractivity contribution in [1.29, 1.82) is 0 Å². The molecule has 3 aromatic carbocycles. The topological polar surface area (TPSA) is 103 Å². The molecule has 0 radical (unpaired) electrons. The van der Waals surface area contributed by atoms with Gasteiger partial charge in [0.2, 0.25) is 11.8 Å². The fourth-order valence-electron chi connectivity index (χ4n) is 3.76. The number of hydrogen-bond acceptors (Lipinski definition) is 3. The van der Waals surface area contributed by atoms with Crippen molar-refractivity contribution in [2.75, 3.05) is 6.54 Å². The number of hydrogen-bond donors (Lipinski definition) is 4. The molecular weight excluding hydrogens is 499 g/mol. The van der Waals surface area contributed by atoms with Crippen LogP contribution in [0.3, 0.4) is 0 Å². The van der Waals surface area contributed by atoms with Crippen LogP contribution >= 0.6 is 23.2 Å². The van der Waals surface area contributed by atoms with Gasteiger partial charge in [0.1, 0.15) is 6.04 Å². The van der Waals surface area contributed by atoms with Crippen molar-refractivity contribution >= 4 is 51.8 Å². The van der Waals surface area contributed by atoms with Crippen molar-refractivity contribution < 1.29 is 14.4 Å². The molecule has 1 heterocycles. The average molecular weight is 523 g/mol. The van der Waals surface area contributed by atoms with Crippen molar-refractivity contribution in [3.05, 3.63) is 106 Å². The maximum absolute atomic E-state index is 13.1. The van der Waals surface area contributed by atoms with Gasteiger partial charge in [0.05, 0.1) is 16.6 Å². The molecule has 0 aliphatic rings.